The summed E-state index contributed by atoms with van der Waals surface area (Å²) in [6.07, 6.45) is -16.9. The molecule has 4 rings (SSSR count). The third kappa shape index (κ3) is 7.04. The standard InChI is InChI=1S/C28H26BrF9N2O4/c1-13(2)44-25(42)40-20-7-6-16(26(30,31)32)9-18(20)22(11-21(40)14-4-5-14)39(24(41)43-3)12-15-8-17(27(33,34)35)10-19(23(15)29)28(36,37)38/h6-10,13-14,21-22H,4-5,11-12H2,1-3H3. The lowest BCUT2D eigenvalue weighted by Gasteiger charge is -2.44. The highest BCUT2D eigenvalue weighted by atomic mass is 79.9. The molecule has 2 aromatic rings. The molecular formula is C28H26BrF9N2O4. The Balaban J connectivity index is 1.92. The molecule has 1 saturated carbocycles. The molecule has 2 atom stereocenters. The van der Waals surface area contributed by atoms with E-state index in [1.807, 2.05) is 0 Å². The first-order valence-corrected chi connectivity index (χ1v) is 14.1. The van der Waals surface area contributed by atoms with Crippen molar-refractivity contribution in [3.8, 4) is 0 Å². The van der Waals surface area contributed by atoms with Gasteiger partial charge in [-0.25, -0.2) is 9.59 Å². The first-order valence-electron chi connectivity index (χ1n) is 13.3. The molecule has 0 saturated heterocycles. The number of hydrogen-bond donors (Lipinski definition) is 0. The van der Waals surface area contributed by atoms with Gasteiger partial charge < -0.3 is 9.47 Å². The average Bonchev–Trinajstić information content (AvgIpc) is 3.74. The quantitative estimate of drug-likeness (QED) is 0.291. The molecule has 2 aromatic carbocycles. The molecule has 242 valence electrons. The number of hydrogen-bond acceptors (Lipinski definition) is 4. The molecule has 44 heavy (non-hydrogen) atoms. The minimum Gasteiger partial charge on any atom is -0.453 e. The minimum absolute atomic E-state index is 0.0372. The molecule has 1 aliphatic carbocycles. The van der Waals surface area contributed by atoms with Crippen LogP contribution >= 0.6 is 15.9 Å². The molecule has 2 unspecified atom stereocenters. The Labute approximate surface area is 254 Å². The highest BCUT2D eigenvalue weighted by Crippen LogP contribution is 2.50. The van der Waals surface area contributed by atoms with Crippen molar-refractivity contribution in [2.75, 3.05) is 12.0 Å². The molecule has 16 heteroatoms. The second-order valence-corrected chi connectivity index (χ2v) is 11.6. The van der Waals surface area contributed by atoms with Crippen LogP contribution in [-0.2, 0) is 34.5 Å². The van der Waals surface area contributed by atoms with E-state index in [0.29, 0.717) is 25.0 Å². The Morgan fingerprint density at radius 1 is 0.955 bits per heavy atom. The van der Waals surface area contributed by atoms with E-state index in [1.54, 1.807) is 13.8 Å². The Kier molecular flexibility index (Phi) is 9.17. The van der Waals surface area contributed by atoms with Gasteiger partial charge in [0.1, 0.15) is 0 Å². The lowest BCUT2D eigenvalue weighted by atomic mass is 9.86. The summed E-state index contributed by atoms with van der Waals surface area (Å²) in [7, 11) is 0.915. The molecule has 1 fully saturated rings. The van der Waals surface area contributed by atoms with Gasteiger partial charge in [-0.2, -0.15) is 39.5 Å². The molecule has 1 aliphatic heterocycles. The van der Waals surface area contributed by atoms with Gasteiger partial charge in [0.05, 0.1) is 48.2 Å². The van der Waals surface area contributed by atoms with Crippen molar-refractivity contribution in [2.24, 2.45) is 5.92 Å². The number of anilines is 1. The summed E-state index contributed by atoms with van der Waals surface area (Å²) in [5.41, 5.74) is -5.31. The summed E-state index contributed by atoms with van der Waals surface area (Å²) < 4.78 is 133. The largest absolute Gasteiger partial charge is 0.453 e. The predicted molar refractivity (Wildman–Crippen MR) is 142 cm³/mol. The van der Waals surface area contributed by atoms with Crippen LogP contribution in [-0.4, -0.2) is 36.3 Å². The number of amides is 2. The van der Waals surface area contributed by atoms with Crippen LogP contribution in [0.4, 0.5) is 54.8 Å². The number of alkyl halides is 9. The lowest BCUT2D eigenvalue weighted by Crippen LogP contribution is -2.50. The number of carbonyl (C=O) groups is 2. The highest BCUT2D eigenvalue weighted by Gasteiger charge is 2.48. The second-order valence-electron chi connectivity index (χ2n) is 10.8. The molecule has 2 aliphatic rings. The number of methoxy groups -OCH3 is 1. The summed E-state index contributed by atoms with van der Waals surface area (Å²) >= 11 is 2.72. The molecule has 0 spiro atoms. The van der Waals surface area contributed by atoms with Gasteiger partial charge in [-0.1, -0.05) is 0 Å². The number of carbonyl (C=O) groups excluding carboxylic acids is 2. The topological polar surface area (TPSA) is 59.1 Å². The van der Waals surface area contributed by atoms with Crippen molar-refractivity contribution in [2.45, 2.75) is 76.4 Å². The van der Waals surface area contributed by atoms with Crippen LogP contribution in [0, 0.1) is 5.92 Å². The fourth-order valence-electron chi connectivity index (χ4n) is 5.30. The third-order valence-corrected chi connectivity index (χ3v) is 8.31. The van der Waals surface area contributed by atoms with Crippen molar-refractivity contribution in [1.29, 1.82) is 0 Å². The number of rotatable bonds is 5. The van der Waals surface area contributed by atoms with Crippen LogP contribution in [0.15, 0.2) is 34.8 Å². The highest BCUT2D eigenvalue weighted by molar-refractivity contribution is 9.10. The summed E-state index contributed by atoms with van der Waals surface area (Å²) in [5.74, 6) is -0.149. The van der Waals surface area contributed by atoms with Crippen LogP contribution in [0.2, 0.25) is 0 Å². The molecule has 0 N–H and O–H groups in total. The van der Waals surface area contributed by atoms with E-state index in [0.717, 1.165) is 24.1 Å². The molecular weight excluding hydrogens is 679 g/mol. The maximum atomic E-state index is 13.8. The molecule has 6 nitrogen and oxygen atoms in total. The zero-order valence-electron chi connectivity index (χ0n) is 23.3. The van der Waals surface area contributed by atoms with Crippen LogP contribution in [0.1, 0.15) is 67.0 Å². The van der Waals surface area contributed by atoms with Crippen molar-refractivity contribution >= 4 is 33.8 Å². The maximum absolute atomic E-state index is 13.8. The Hall–Kier alpha value is -3.17. The van der Waals surface area contributed by atoms with E-state index >= 15 is 0 Å². The Morgan fingerprint density at radius 2 is 1.57 bits per heavy atom. The van der Waals surface area contributed by atoms with Gasteiger partial charge in [-0.15, -0.1) is 0 Å². The Bertz CT molecular complexity index is 1420. The van der Waals surface area contributed by atoms with E-state index in [1.165, 1.54) is 4.90 Å². The van der Waals surface area contributed by atoms with Gasteiger partial charge in [0, 0.05) is 10.5 Å². The van der Waals surface area contributed by atoms with Crippen LogP contribution in [0.25, 0.3) is 0 Å². The SMILES string of the molecule is COC(=O)N(Cc1cc(C(F)(F)F)cc(C(F)(F)F)c1Br)C1CC(C2CC2)N(C(=O)OC(C)C)c2ccc(C(F)(F)F)cc21. The lowest BCUT2D eigenvalue weighted by molar-refractivity contribution is -0.143. The van der Waals surface area contributed by atoms with Crippen LogP contribution < -0.4 is 4.90 Å². The van der Waals surface area contributed by atoms with Gasteiger partial charge in [0.2, 0.25) is 0 Å². The van der Waals surface area contributed by atoms with Crippen LogP contribution in [0.5, 0.6) is 0 Å². The number of benzene rings is 2. The maximum Gasteiger partial charge on any atom is 0.417 e. The van der Waals surface area contributed by atoms with Crippen molar-refractivity contribution in [3.63, 3.8) is 0 Å². The van der Waals surface area contributed by atoms with E-state index in [2.05, 4.69) is 15.9 Å². The number of nitrogens with zero attached hydrogens (tertiary/aromatic N) is 2. The molecule has 0 bridgehead atoms. The summed E-state index contributed by atoms with van der Waals surface area (Å²) in [6, 6.07) is 0.777. The summed E-state index contributed by atoms with van der Waals surface area (Å²) in [4.78, 5) is 28.4. The number of fused-ring (bicyclic) bond motifs is 1. The minimum atomic E-state index is -5.22. The van der Waals surface area contributed by atoms with Crippen molar-refractivity contribution < 1.29 is 58.6 Å². The molecule has 2 amide bonds. The number of halogens is 10. The average molecular weight is 705 g/mol. The van der Waals surface area contributed by atoms with Gasteiger partial charge in [0.15, 0.2) is 0 Å². The fraction of sp³-hybridized carbons (Fsp3) is 0.500. The summed E-state index contributed by atoms with van der Waals surface area (Å²) in [6.45, 7) is 2.24. The van der Waals surface area contributed by atoms with Gasteiger partial charge in [0.25, 0.3) is 0 Å². The van der Waals surface area contributed by atoms with Gasteiger partial charge in [-0.05, 0) is 96.4 Å². The van der Waals surface area contributed by atoms with E-state index in [9.17, 15) is 49.1 Å². The summed E-state index contributed by atoms with van der Waals surface area (Å²) in [5, 5.41) is 0. The monoisotopic (exact) mass is 704 g/mol. The predicted octanol–water partition coefficient (Wildman–Crippen LogP) is 9.35. The first kappa shape index (κ1) is 33.7. The second kappa shape index (κ2) is 12.0. The Morgan fingerprint density at radius 3 is 2.07 bits per heavy atom. The van der Waals surface area contributed by atoms with Crippen molar-refractivity contribution in [1.82, 2.24) is 4.90 Å². The fourth-order valence-corrected chi connectivity index (χ4v) is 5.88. The zero-order valence-corrected chi connectivity index (χ0v) is 24.9. The number of ether oxygens (including phenoxy) is 2. The smallest absolute Gasteiger partial charge is 0.417 e. The van der Waals surface area contributed by atoms with E-state index in [-0.39, 0.29) is 29.7 Å². The molecule has 0 aromatic heterocycles. The van der Waals surface area contributed by atoms with E-state index in [4.69, 9.17) is 9.47 Å². The van der Waals surface area contributed by atoms with Crippen LogP contribution in [0.3, 0.4) is 0 Å². The zero-order chi connectivity index (χ0) is 32.9. The van der Waals surface area contributed by atoms with Gasteiger partial charge >= 0.3 is 30.7 Å². The molecule has 1 heterocycles. The normalized spacial score (nSPS) is 19.1. The van der Waals surface area contributed by atoms with Gasteiger partial charge in [-0.3, -0.25) is 9.80 Å². The van der Waals surface area contributed by atoms with E-state index < -0.39 is 82.2 Å². The third-order valence-electron chi connectivity index (χ3n) is 7.38. The first-order chi connectivity index (χ1) is 20.2. The molecule has 0 radical (unpaired) electrons. The van der Waals surface area contributed by atoms with Crippen molar-refractivity contribution in [3.05, 3.63) is 62.6 Å².